The molecule has 0 amide bonds. The van der Waals surface area contributed by atoms with Gasteiger partial charge < -0.3 is 18.9 Å². The highest BCUT2D eigenvalue weighted by Crippen LogP contribution is 2.31. The Kier molecular flexibility index (Phi) is 7.32. The van der Waals surface area contributed by atoms with Crippen LogP contribution in [0.5, 0.6) is 46.3 Å². The van der Waals surface area contributed by atoms with Crippen LogP contribution in [0.1, 0.15) is 11.4 Å². The van der Waals surface area contributed by atoms with E-state index < -0.39 is 0 Å². The zero-order valence-corrected chi connectivity index (χ0v) is 22.6. The molecule has 0 N–H and O–H groups in total. The summed E-state index contributed by atoms with van der Waals surface area (Å²) in [5.41, 5.74) is 2.95. The molecule has 2 heterocycles. The molecule has 0 aliphatic rings. The van der Waals surface area contributed by atoms with Crippen LogP contribution in [0, 0.1) is 13.8 Å². The summed E-state index contributed by atoms with van der Waals surface area (Å²) in [5, 5.41) is 4.56. The zero-order valence-electron chi connectivity index (χ0n) is 22.6. The van der Waals surface area contributed by atoms with Crippen molar-refractivity contribution in [3.8, 4) is 51.9 Å². The largest absolute Gasteiger partial charge is 0.457 e. The van der Waals surface area contributed by atoms with Gasteiger partial charge in [0.2, 0.25) is 11.8 Å². The third kappa shape index (κ3) is 6.54. The van der Waals surface area contributed by atoms with Crippen molar-refractivity contribution in [2.75, 3.05) is 0 Å². The fraction of sp³-hybridized carbons (Fsp3) is 0.0588. The molecule has 0 fully saturated rings. The second-order valence-electron chi connectivity index (χ2n) is 9.32. The standard InChI is InChI=1S/C34H27N3O4/c1-24-20-25(2)37(36-24)26-10-6-13-28(21-26)39-30-15-8-17-32(23-30)41-34-19-9-18-33(35-34)40-31-16-7-14-29(22-31)38-27-11-4-3-5-12-27/h3-23H,1-2H3. The van der Waals surface area contributed by atoms with E-state index in [0.29, 0.717) is 40.5 Å². The van der Waals surface area contributed by atoms with Crippen molar-refractivity contribution < 1.29 is 18.9 Å². The predicted molar refractivity (Wildman–Crippen MR) is 157 cm³/mol. The number of aryl methyl sites for hydroxylation is 2. The summed E-state index contributed by atoms with van der Waals surface area (Å²) in [6, 6.07) is 39.6. The Morgan fingerprint density at radius 2 is 0.951 bits per heavy atom. The van der Waals surface area contributed by atoms with Gasteiger partial charge in [-0.05, 0) is 68.4 Å². The van der Waals surface area contributed by atoms with Crippen LogP contribution in [0.3, 0.4) is 0 Å². The lowest BCUT2D eigenvalue weighted by molar-refractivity contribution is 0.420. The number of aromatic nitrogens is 3. The van der Waals surface area contributed by atoms with Crippen molar-refractivity contribution in [2.45, 2.75) is 13.8 Å². The van der Waals surface area contributed by atoms with Gasteiger partial charge in [0.1, 0.15) is 34.5 Å². The first-order chi connectivity index (χ1) is 20.1. The first-order valence-corrected chi connectivity index (χ1v) is 13.1. The van der Waals surface area contributed by atoms with Gasteiger partial charge >= 0.3 is 0 Å². The molecular formula is C34H27N3O4. The second kappa shape index (κ2) is 11.7. The molecule has 0 unspecified atom stereocenters. The van der Waals surface area contributed by atoms with Gasteiger partial charge in [0, 0.05) is 36.0 Å². The fourth-order valence-corrected chi connectivity index (χ4v) is 4.28. The second-order valence-corrected chi connectivity index (χ2v) is 9.32. The number of pyridine rings is 1. The topological polar surface area (TPSA) is 67.6 Å². The lowest BCUT2D eigenvalue weighted by Gasteiger charge is -2.11. The van der Waals surface area contributed by atoms with Crippen LogP contribution < -0.4 is 18.9 Å². The Balaban J connectivity index is 1.13. The van der Waals surface area contributed by atoms with E-state index in [-0.39, 0.29) is 0 Å². The highest BCUT2D eigenvalue weighted by molar-refractivity contribution is 5.44. The molecule has 7 nitrogen and oxygen atoms in total. The smallest absolute Gasteiger partial charge is 0.222 e. The van der Waals surface area contributed by atoms with E-state index in [1.165, 1.54) is 0 Å². The fourth-order valence-electron chi connectivity index (χ4n) is 4.28. The third-order valence-electron chi connectivity index (χ3n) is 6.04. The quantitative estimate of drug-likeness (QED) is 0.182. The lowest BCUT2D eigenvalue weighted by Crippen LogP contribution is -1.99. The van der Waals surface area contributed by atoms with Gasteiger partial charge in [-0.2, -0.15) is 10.1 Å². The van der Waals surface area contributed by atoms with Crippen molar-refractivity contribution in [2.24, 2.45) is 0 Å². The molecule has 4 aromatic carbocycles. The van der Waals surface area contributed by atoms with Crippen molar-refractivity contribution in [3.63, 3.8) is 0 Å². The molecule has 0 saturated carbocycles. The molecule has 0 aliphatic carbocycles. The van der Waals surface area contributed by atoms with E-state index in [1.54, 1.807) is 12.1 Å². The monoisotopic (exact) mass is 541 g/mol. The average Bonchev–Trinajstić information content (AvgIpc) is 3.32. The number of hydrogen-bond acceptors (Lipinski definition) is 6. The molecule has 2 aromatic heterocycles. The van der Waals surface area contributed by atoms with Crippen molar-refractivity contribution in [1.82, 2.24) is 14.8 Å². The molecule has 0 aliphatic heterocycles. The van der Waals surface area contributed by atoms with Gasteiger partial charge in [0.25, 0.3) is 0 Å². The van der Waals surface area contributed by atoms with Gasteiger partial charge in [-0.3, -0.25) is 0 Å². The molecule has 0 bridgehead atoms. The lowest BCUT2D eigenvalue weighted by atomic mass is 10.3. The van der Waals surface area contributed by atoms with Crippen LogP contribution >= 0.6 is 0 Å². The van der Waals surface area contributed by atoms with Gasteiger partial charge in [-0.15, -0.1) is 0 Å². The summed E-state index contributed by atoms with van der Waals surface area (Å²) in [7, 11) is 0. The summed E-state index contributed by atoms with van der Waals surface area (Å²) in [4.78, 5) is 4.51. The zero-order chi connectivity index (χ0) is 28.0. The number of para-hydroxylation sites is 1. The molecule has 41 heavy (non-hydrogen) atoms. The van der Waals surface area contributed by atoms with Crippen LogP contribution in [-0.4, -0.2) is 14.8 Å². The molecule has 6 aromatic rings. The molecule has 0 spiro atoms. The molecule has 202 valence electrons. The van der Waals surface area contributed by atoms with Crippen LogP contribution in [0.2, 0.25) is 0 Å². The molecule has 6 rings (SSSR count). The SMILES string of the molecule is Cc1cc(C)n(-c2cccc(Oc3cccc(Oc4cccc(Oc5cccc(Oc6ccccc6)c5)n4)c3)c2)n1. The Bertz CT molecular complexity index is 1780. The maximum atomic E-state index is 6.14. The summed E-state index contributed by atoms with van der Waals surface area (Å²) in [5.74, 6) is 4.71. The van der Waals surface area contributed by atoms with E-state index in [4.69, 9.17) is 18.9 Å². The Hall–Kier alpha value is -5.56. The minimum atomic E-state index is 0.392. The summed E-state index contributed by atoms with van der Waals surface area (Å²) in [6.45, 7) is 4.01. The van der Waals surface area contributed by atoms with Crippen molar-refractivity contribution >= 4 is 0 Å². The Morgan fingerprint density at radius 3 is 1.54 bits per heavy atom. The van der Waals surface area contributed by atoms with Crippen LogP contribution in [-0.2, 0) is 0 Å². The van der Waals surface area contributed by atoms with Gasteiger partial charge in [-0.25, -0.2) is 4.68 Å². The highest BCUT2D eigenvalue weighted by Gasteiger charge is 2.08. The molecule has 0 saturated heterocycles. The number of ether oxygens (including phenoxy) is 4. The molecule has 0 atom stereocenters. The molecule has 7 heteroatoms. The van der Waals surface area contributed by atoms with E-state index in [0.717, 1.165) is 22.8 Å². The number of benzene rings is 4. The Morgan fingerprint density at radius 1 is 0.463 bits per heavy atom. The number of rotatable bonds is 9. The molecular weight excluding hydrogens is 514 g/mol. The number of nitrogens with zero attached hydrogens (tertiary/aromatic N) is 3. The first kappa shape index (κ1) is 25.7. The average molecular weight is 542 g/mol. The van der Waals surface area contributed by atoms with Crippen molar-refractivity contribution in [1.29, 1.82) is 0 Å². The number of hydrogen-bond donors (Lipinski definition) is 0. The van der Waals surface area contributed by atoms with Gasteiger partial charge in [-0.1, -0.05) is 42.5 Å². The van der Waals surface area contributed by atoms with E-state index in [9.17, 15) is 0 Å². The molecule has 0 radical (unpaired) electrons. The minimum absolute atomic E-state index is 0.392. The van der Waals surface area contributed by atoms with Crippen molar-refractivity contribution in [3.05, 3.63) is 139 Å². The minimum Gasteiger partial charge on any atom is -0.457 e. The summed E-state index contributed by atoms with van der Waals surface area (Å²) >= 11 is 0. The predicted octanol–water partition coefficient (Wildman–Crippen LogP) is 9.05. The van der Waals surface area contributed by atoms with E-state index in [2.05, 4.69) is 10.1 Å². The maximum Gasteiger partial charge on any atom is 0.222 e. The van der Waals surface area contributed by atoms with E-state index in [1.807, 2.05) is 134 Å². The van der Waals surface area contributed by atoms with Gasteiger partial charge in [0.05, 0.1) is 11.4 Å². The third-order valence-corrected chi connectivity index (χ3v) is 6.04. The maximum absolute atomic E-state index is 6.14. The Labute approximate surface area is 238 Å². The highest BCUT2D eigenvalue weighted by atomic mass is 16.5. The summed E-state index contributed by atoms with van der Waals surface area (Å²) in [6.07, 6.45) is 0. The van der Waals surface area contributed by atoms with Crippen LogP contribution in [0.15, 0.2) is 127 Å². The normalized spacial score (nSPS) is 10.7. The van der Waals surface area contributed by atoms with Crippen LogP contribution in [0.25, 0.3) is 5.69 Å². The van der Waals surface area contributed by atoms with E-state index >= 15 is 0 Å². The van der Waals surface area contributed by atoms with Crippen LogP contribution in [0.4, 0.5) is 0 Å². The first-order valence-electron chi connectivity index (χ1n) is 13.1. The summed E-state index contributed by atoms with van der Waals surface area (Å²) < 4.78 is 26.0. The van der Waals surface area contributed by atoms with Gasteiger partial charge in [0.15, 0.2) is 0 Å².